The molecule has 8 heteroatoms. The molecule has 2 N–H and O–H groups in total. The minimum Gasteiger partial charge on any atom is -0.347 e. The lowest BCUT2D eigenvalue weighted by Gasteiger charge is -2.11. The van der Waals surface area contributed by atoms with Crippen LogP contribution in [0.2, 0.25) is 0 Å². The molecular weight excluding hydrogens is 326 g/mol. The van der Waals surface area contributed by atoms with Crippen molar-refractivity contribution >= 4 is 37.3 Å². The van der Waals surface area contributed by atoms with Gasteiger partial charge < -0.3 is 4.98 Å². The van der Waals surface area contributed by atoms with E-state index >= 15 is 0 Å². The van der Waals surface area contributed by atoms with Gasteiger partial charge in [0.05, 0.1) is 6.04 Å². The smallest absolute Gasteiger partial charge is 0.251 e. The molecule has 17 heavy (non-hydrogen) atoms. The van der Waals surface area contributed by atoms with Gasteiger partial charge in [0.1, 0.15) is 10.0 Å². The number of nitrogens with one attached hydrogen (secondary N) is 2. The number of hydrogen-bond donors (Lipinski definition) is 2. The van der Waals surface area contributed by atoms with Crippen molar-refractivity contribution in [2.24, 2.45) is 0 Å². The Hall–Kier alpha value is -0.700. The van der Waals surface area contributed by atoms with Crippen molar-refractivity contribution in [3.05, 3.63) is 34.1 Å². The van der Waals surface area contributed by atoms with Crippen molar-refractivity contribution in [1.29, 1.82) is 0 Å². The largest absolute Gasteiger partial charge is 0.347 e. The quantitative estimate of drug-likeness (QED) is 0.899. The molecule has 0 radical (unpaired) electrons. The van der Waals surface area contributed by atoms with E-state index in [0.29, 0.717) is 10.3 Å². The van der Waals surface area contributed by atoms with E-state index in [4.69, 9.17) is 0 Å². The number of halogens is 1. The molecule has 2 aromatic heterocycles. The molecule has 0 spiro atoms. The Morgan fingerprint density at radius 3 is 2.88 bits per heavy atom. The van der Waals surface area contributed by atoms with Gasteiger partial charge in [0, 0.05) is 16.9 Å². The summed E-state index contributed by atoms with van der Waals surface area (Å²) < 4.78 is 27.5. The Kier molecular flexibility index (Phi) is 3.67. The minimum atomic E-state index is -3.51. The number of aromatic nitrogens is 2. The summed E-state index contributed by atoms with van der Waals surface area (Å²) in [4.78, 5) is 6.89. The molecule has 0 aliphatic heterocycles. The first-order valence-electron chi connectivity index (χ1n) is 4.75. The maximum Gasteiger partial charge on any atom is 0.251 e. The molecule has 0 aliphatic rings. The molecule has 0 fully saturated rings. The van der Waals surface area contributed by atoms with Gasteiger partial charge in [0.15, 0.2) is 0 Å². The van der Waals surface area contributed by atoms with E-state index in [2.05, 4.69) is 30.6 Å². The van der Waals surface area contributed by atoms with Crippen LogP contribution in [0.1, 0.15) is 18.8 Å². The summed E-state index contributed by atoms with van der Waals surface area (Å²) in [5, 5.41) is 1.72. The first-order valence-corrected chi connectivity index (χ1v) is 7.91. The van der Waals surface area contributed by atoms with E-state index in [1.807, 2.05) is 0 Å². The summed E-state index contributed by atoms with van der Waals surface area (Å²) >= 11 is 4.38. The van der Waals surface area contributed by atoms with Crippen molar-refractivity contribution in [2.45, 2.75) is 17.2 Å². The third-order valence-electron chi connectivity index (χ3n) is 2.09. The zero-order valence-electron chi connectivity index (χ0n) is 8.84. The van der Waals surface area contributed by atoms with Gasteiger partial charge in [-0.3, -0.25) is 0 Å². The number of H-pyrrole nitrogens is 1. The Bertz CT molecular complexity index is 592. The highest BCUT2D eigenvalue weighted by molar-refractivity contribution is 9.10. The van der Waals surface area contributed by atoms with E-state index in [0.717, 1.165) is 0 Å². The van der Waals surface area contributed by atoms with Crippen molar-refractivity contribution in [3.63, 3.8) is 0 Å². The molecule has 0 bridgehead atoms. The molecule has 2 heterocycles. The predicted molar refractivity (Wildman–Crippen MR) is 69.3 cm³/mol. The maximum atomic E-state index is 12.0. The van der Waals surface area contributed by atoms with E-state index in [-0.39, 0.29) is 4.21 Å². The van der Waals surface area contributed by atoms with Gasteiger partial charge in [0.2, 0.25) is 0 Å². The summed E-state index contributed by atoms with van der Waals surface area (Å²) in [7, 11) is -3.51. The van der Waals surface area contributed by atoms with Crippen LogP contribution in [0.15, 0.2) is 32.5 Å². The monoisotopic (exact) mass is 335 g/mol. The Balaban J connectivity index is 2.22. The number of nitrogens with zero attached hydrogens (tertiary/aromatic N) is 1. The molecule has 0 amide bonds. The molecule has 0 saturated heterocycles. The normalized spacial score (nSPS) is 13.8. The van der Waals surface area contributed by atoms with Crippen LogP contribution in [0.3, 0.4) is 0 Å². The second-order valence-electron chi connectivity index (χ2n) is 3.37. The lowest BCUT2D eigenvalue weighted by molar-refractivity contribution is 0.563. The van der Waals surface area contributed by atoms with Crippen molar-refractivity contribution < 1.29 is 8.42 Å². The molecule has 5 nitrogen and oxygen atoms in total. The minimum absolute atomic E-state index is 0.274. The highest BCUT2D eigenvalue weighted by Gasteiger charge is 2.22. The summed E-state index contributed by atoms with van der Waals surface area (Å²) in [5.74, 6) is 0.584. The second kappa shape index (κ2) is 4.89. The highest BCUT2D eigenvalue weighted by atomic mass is 79.9. The van der Waals surface area contributed by atoms with Gasteiger partial charge in [-0.2, -0.15) is 0 Å². The van der Waals surface area contributed by atoms with Crippen LogP contribution in [-0.2, 0) is 10.0 Å². The number of sulfonamides is 1. The molecular formula is C9H10BrN3O2S2. The number of aromatic amines is 1. The maximum absolute atomic E-state index is 12.0. The van der Waals surface area contributed by atoms with Gasteiger partial charge in [-0.25, -0.2) is 18.1 Å². The lowest BCUT2D eigenvalue weighted by atomic mass is 10.3. The average molecular weight is 336 g/mol. The average Bonchev–Trinajstić information content (AvgIpc) is 2.85. The molecule has 1 unspecified atom stereocenters. The molecule has 2 rings (SSSR count). The van der Waals surface area contributed by atoms with E-state index in [1.165, 1.54) is 11.3 Å². The lowest BCUT2D eigenvalue weighted by Crippen LogP contribution is -2.27. The fourth-order valence-electron chi connectivity index (χ4n) is 1.33. The summed E-state index contributed by atoms with van der Waals surface area (Å²) in [6, 6.07) is 1.31. The number of thiophene rings is 1. The Morgan fingerprint density at radius 2 is 2.35 bits per heavy atom. The molecule has 1 atom stereocenters. The molecule has 0 aliphatic carbocycles. The number of imidazole rings is 1. The van der Waals surface area contributed by atoms with Gasteiger partial charge in [-0.1, -0.05) is 0 Å². The Labute approximate surface area is 111 Å². The van der Waals surface area contributed by atoms with Crippen LogP contribution >= 0.6 is 27.3 Å². The zero-order valence-corrected chi connectivity index (χ0v) is 12.1. The second-order valence-corrected chi connectivity index (χ2v) is 7.05. The van der Waals surface area contributed by atoms with Crippen LogP contribution in [0.5, 0.6) is 0 Å². The SMILES string of the molecule is CC(NS(=O)(=O)c1sccc1Br)c1ncc[nH]1. The van der Waals surface area contributed by atoms with Crippen molar-refractivity contribution in [2.75, 3.05) is 0 Å². The Morgan fingerprint density at radius 1 is 1.59 bits per heavy atom. The summed E-state index contributed by atoms with van der Waals surface area (Å²) in [5.41, 5.74) is 0. The van der Waals surface area contributed by atoms with Crippen molar-refractivity contribution in [3.8, 4) is 0 Å². The third-order valence-corrected chi connectivity index (χ3v) is 6.30. The third kappa shape index (κ3) is 2.76. The van der Waals surface area contributed by atoms with Crippen LogP contribution in [0.25, 0.3) is 0 Å². The van der Waals surface area contributed by atoms with E-state index < -0.39 is 16.1 Å². The summed E-state index contributed by atoms with van der Waals surface area (Å²) in [6.45, 7) is 1.73. The van der Waals surface area contributed by atoms with E-state index in [9.17, 15) is 8.42 Å². The van der Waals surface area contributed by atoms with Crippen LogP contribution < -0.4 is 4.72 Å². The number of hydrogen-bond acceptors (Lipinski definition) is 4. The highest BCUT2D eigenvalue weighted by Crippen LogP contribution is 2.28. The van der Waals surface area contributed by atoms with Gasteiger partial charge in [-0.15, -0.1) is 11.3 Å². The molecule has 0 saturated carbocycles. The first-order chi connectivity index (χ1) is 8.00. The fraction of sp³-hybridized carbons (Fsp3) is 0.222. The predicted octanol–water partition coefficient (Wildman–Crippen LogP) is 2.27. The van der Waals surface area contributed by atoms with Crippen LogP contribution in [0.4, 0.5) is 0 Å². The molecule has 2 aromatic rings. The standard InChI is InChI=1S/C9H10BrN3O2S2/c1-6(8-11-3-4-12-8)13-17(14,15)9-7(10)2-5-16-9/h2-6,13H,1H3,(H,11,12). The van der Waals surface area contributed by atoms with Crippen molar-refractivity contribution in [1.82, 2.24) is 14.7 Å². The van der Waals surface area contributed by atoms with Gasteiger partial charge in [-0.05, 0) is 34.3 Å². The zero-order chi connectivity index (χ0) is 12.5. The number of rotatable bonds is 4. The fourth-order valence-corrected chi connectivity index (χ4v) is 4.89. The van der Waals surface area contributed by atoms with Crippen LogP contribution in [-0.4, -0.2) is 18.4 Å². The first kappa shape index (κ1) is 12.7. The molecule has 0 aromatic carbocycles. The van der Waals surface area contributed by atoms with Gasteiger partial charge in [0.25, 0.3) is 10.0 Å². The summed E-state index contributed by atoms with van der Waals surface area (Å²) in [6.07, 6.45) is 3.24. The van der Waals surface area contributed by atoms with Gasteiger partial charge >= 0.3 is 0 Å². The molecule has 92 valence electrons. The van der Waals surface area contributed by atoms with Crippen LogP contribution in [0, 0.1) is 0 Å². The topological polar surface area (TPSA) is 74.8 Å². The van der Waals surface area contributed by atoms with E-state index in [1.54, 1.807) is 30.8 Å².